The summed E-state index contributed by atoms with van der Waals surface area (Å²) in [6.45, 7) is 1.85. The van der Waals surface area contributed by atoms with E-state index >= 15 is 0 Å². The predicted molar refractivity (Wildman–Crippen MR) is 91.5 cm³/mol. The van der Waals surface area contributed by atoms with E-state index in [4.69, 9.17) is 9.63 Å². The third kappa shape index (κ3) is 3.32. The molecule has 25 heavy (non-hydrogen) atoms. The first-order valence-corrected chi connectivity index (χ1v) is 7.94. The highest BCUT2D eigenvalue weighted by Gasteiger charge is 2.24. The minimum absolute atomic E-state index is 0.0488. The maximum Gasteiger partial charge on any atom is 0.326 e. The predicted octanol–water partition coefficient (Wildman–Crippen LogP) is 2.24. The molecule has 7 heteroatoms. The first-order valence-electron chi connectivity index (χ1n) is 7.94. The molecule has 3 N–H and O–H groups in total. The van der Waals surface area contributed by atoms with E-state index in [2.05, 4.69) is 10.5 Å². The summed E-state index contributed by atoms with van der Waals surface area (Å²) < 4.78 is 5.35. The number of aliphatic carboxylic acids is 1. The fourth-order valence-corrected chi connectivity index (χ4v) is 2.79. The molecule has 1 atom stereocenters. The van der Waals surface area contributed by atoms with Gasteiger partial charge in [-0.2, -0.15) is 0 Å². The lowest BCUT2D eigenvalue weighted by Crippen LogP contribution is -2.41. The Kier molecular flexibility index (Phi) is 4.67. The van der Waals surface area contributed by atoms with Crippen LogP contribution in [0.2, 0.25) is 0 Å². The molecule has 3 aromatic rings. The van der Waals surface area contributed by atoms with E-state index in [-0.39, 0.29) is 25.1 Å². The van der Waals surface area contributed by atoms with Crippen LogP contribution in [0.15, 0.2) is 34.9 Å². The molecule has 1 heterocycles. The van der Waals surface area contributed by atoms with Crippen LogP contribution < -0.4 is 5.32 Å². The van der Waals surface area contributed by atoms with Crippen LogP contribution in [0.4, 0.5) is 0 Å². The van der Waals surface area contributed by atoms with Crippen LogP contribution in [0.25, 0.3) is 21.7 Å². The number of aliphatic hydroxyl groups excluding tert-OH is 1. The van der Waals surface area contributed by atoms with Crippen LogP contribution in [-0.2, 0) is 4.79 Å². The van der Waals surface area contributed by atoms with Gasteiger partial charge in [0.25, 0.3) is 5.91 Å². The maximum absolute atomic E-state index is 12.4. The molecular formula is C18H18N2O5. The van der Waals surface area contributed by atoms with Crippen LogP contribution >= 0.6 is 0 Å². The highest BCUT2D eigenvalue weighted by Crippen LogP contribution is 2.28. The molecule has 3 rings (SSSR count). The van der Waals surface area contributed by atoms with Gasteiger partial charge in [-0.3, -0.25) is 4.79 Å². The summed E-state index contributed by atoms with van der Waals surface area (Å²) in [5.74, 6) is -1.77. The molecule has 0 saturated heterocycles. The largest absolute Gasteiger partial charge is 0.480 e. The molecule has 0 aliphatic carbocycles. The Hall–Kier alpha value is -2.93. The van der Waals surface area contributed by atoms with Crippen LogP contribution in [0.3, 0.4) is 0 Å². The summed E-state index contributed by atoms with van der Waals surface area (Å²) in [5, 5.41) is 26.6. The Morgan fingerprint density at radius 1 is 1.24 bits per heavy atom. The normalized spacial score (nSPS) is 12.4. The lowest BCUT2D eigenvalue weighted by Gasteiger charge is -2.12. The van der Waals surface area contributed by atoms with E-state index in [1.807, 2.05) is 31.2 Å². The minimum Gasteiger partial charge on any atom is -0.480 e. The summed E-state index contributed by atoms with van der Waals surface area (Å²) >= 11 is 0. The molecule has 2 aromatic carbocycles. The van der Waals surface area contributed by atoms with Crippen molar-refractivity contribution >= 4 is 33.6 Å². The van der Waals surface area contributed by atoms with Crippen molar-refractivity contribution in [1.82, 2.24) is 10.5 Å². The molecule has 0 fully saturated rings. The summed E-state index contributed by atoms with van der Waals surface area (Å²) in [4.78, 5) is 23.7. The molecule has 0 aliphatic rings. The van der Waals surface area contributed by atoms with Crippen molar-refractivity contribution in [2.45, 2.75) is 25.8 Å². The van der Waals surface area contributed by atoms with Crippen molar-refractivity contribution in [2.75, 3.05) is 6.61 Å². The van der Waals surface area contributed by atoms with Crippen molar-refractivity contribution < 1.29 is 24.3 Å². The summed E-state index contributed by atoms with van der Waals surface area (Å²) in [5.41, 5.74) is 1.65. The number of nitrogens with zero attached hydrogens (tertiary/aromatic N) is 1. The Labute approximate surface area is 143 Å². The molecular weight excluding hydrogens is 324 g/mol. The van der Waals surface area contributed by atoms with E-state index in [1.54, 1.807) is 6.07 Å². The smallest absolute Gasteiger partial charge is 0.326 e. The van der Waals surface area contributed by atoms with E-state index < -0.39 is 17.9 Å². The third-order valence-electron chi connectivity index (χ3n) is 4.08. The number of benzene rings is 2. The average Bonchev–Trinajstić information content (AvgIpc) is 3.02. The molecule has 130 valence electrons. The van der Waals surface area contributed by atoms with E-state index in [0.29, 0.717) is 11.0 Å². The van der Waals surface area contributed by atoms with Crippen molar-refractivity contribution in [2.24, 2.45) is 0 Å². The van der Waals surface area contributed by atoms with E-state index in [9.17, 15) is 14.7 Å². The zero-order valence-electron chi connectivity index (χ0n) is 13.7. The first kappa shape index (κ1) is 16.9. The molecule has 0 radical (unpaired) electrons. The first-order chi connectivity index (χ1) is 12.0. The second-order valence-electron chi connectivity index (χ2n) is 5.93. The highest BCUT2D eigenvalue weighted by molar-refractivity contribution is 6.12. The number of carbonyl (C=O) groups is 2. The number of amides is 1. The number of hydrogen-bond acceptors (Lipinski definition) is 5. The van der Waals surface area contributed by atoms with Crippen molar-refractivity contribution in [3.05, 3.63) is 41.6 Å². The summed E-state index contributed by atoms with van der Waals surface area (Å²) in [6, 6.07) is 8.38. The fraction of sp³-hybridized carbons (Fsp3) is 0.278. The molecule has 0 saturated carbocycles. The number of carboxylic acid groups (broad SMARTS) is 1. The molecule has 0 unspecified atom stereocenters. The second kappa shape index (κ2) is 6.90. The van der Waals surface area contributed by atoms with Crippen LogP contribution in [0.1, 0.15) is 28.9 Å². The van der Waals surface area contributed by atoms with Gasteiger partial charge in [-0.25, -0.2) is 4.79 Å². The van der Waals surface area contributed by atoms with Crippen molar-refractivity contribution in [3.8, 4) is 0 Å². The zero-order chi connectivity index (χ0) is 18.0. The number of rotatable bonds is 6. The van der Waals surface area contributed by atoms with Gasteiger partial charge in [0.15, 0.2) is 11.3 Å². The molecule has 0 spiro atoms. The fourth-order valence-electron chi connectivity index (χ4n) is 2.79. The maximum atomic E-state index is 12.4. The lowest BCUT2D eigenvalue weighted by molar-refractivity contribution is -0.139. The van der Waals surface area contributed by atoms with Crippen LogP contribution in [0, 0.1) is 6.92 Å². The second-order valence-corrected chi connectivity index (χ2v) is 5.93. The van der Waals surface area contributed by atoms with Gasteiger partial charge in [0.05, 0.1) is 5.39 Å². The number of nitrogens with one attached hydrogen (secondary N) is 1. The molecule has 0 aliphatic heterocycles. The topological polar surface area (TPSA) is 113 Å². The van der Waals surface area contributed by atoms with Gasteiger partial charge < -0.3 is 20.1 Å². The molecule has 1 amide bonds. The number of carbonyl (C=O) groups excluding carboxylic acids is 1. The average molecular weight is 342 g/mol. The Morgan fingerprint density at radius 2 is 2.00 bits per heavy atom. The Balaban J connectivity index is 1.94. The van der Waals surface area contributed by atoms with Gasteiger partial charge in [-0.05, 0) is 31.2 Å². The summed E-state index contributed by atoms with van der Waals surface area (Å²) in [7, 11) is 0. The molecule has 0 bridgehead atoms. The number of aliphatic hydroxyl groups is 1. The van der Waals surface area contributed by atoms with Crippen molar-refractivity contribution in [1.29, 1.82) is 0 Å². The number of aryl methyl sites for hydroxylation is 1. The number of aromatic nitrogens is 1. The lowest BCUT2D eigenvalue weighted by atomic mass is 10.0. The van der Waals surface area contributed by atoms with Crippen molar-refractivity contribution in [3.63, 3.8) is 0 Å². The van der Waals surface area contributed by atoms with Gasteiger partial charge >= 0.3 is 5.97 Å². The van der Waals surface area contributed by atoms with E-state index in [0.717, 1.165) is 16.3 Å². The highest BCUT2D eigenvalue weighted by atomic mass is 16.5. The minimum atomic E-state index is -1.16. The number of carboxylic acids is 1. The number of hydrogen-bond donors (Lipinski definition) is 3. The molecule has 1 aromatic heterocycles. The SMILES string of the molecule is Cc1ccc2c(ccc3c(C(=O)N[C@@H](CCCO)C(=O)O)noc32)c1. The van der Waals surface area contributed by atoms with Gasteiger partial charge in [0.1, 0.15) is 6.04 Å². The van der Waals surface area contributed by atoms with Gasteiger partial charge in [-0.1, -0.05) is 35.0 Å². The standard InChI is InChI=1S/C18H18N2O5/c1-10-4-6-12-11(9-10)5-7-13-15(20-25-16(12)13)17(22)19-14(18(23)24)3-2-8-21/h4-7,9,14,21H,2-3,8H2,1H3,(H,19,22)(H,23,24)/t14-/m0/s1. The summed E-state index contributed by atoms with van der Waals surface area (Å²) in [6.07, 6.45) is 0.413. The van der Waals surface area contributed by atoms with E-state index in [1.165, 1.54) is 0 Å². The number of fused-ring (bicyclic) bond motifs is 3. The van der Waals surface area contributed by atoms with Gasteiger partial charge in [0, 0.05) is 12.0 Å². The Bertz CT molecular complexity index is 947. The molecule has 7 nitrogen and oxygen atoms in total. The quantitative estimate of drug-likeness (QED) is 0.633. The third-order valence-corrected chi connectivity index (χ3v) is 4.08. The zero-order valence-corrected chi connectivity index (χ0v) is 13.7. The van der Waals surface area contributed by atoms with Gasteiger partial charge in [0.2, 0.25) is 0 Å². The van der Waals surface area contributed by atoms with Gasteiger partial charge in [-0.15, -0.1) is 0 Å². The van der Waals surface area contributed by atoms with Crippen LogP contribution in [-0.4, -0.2) is 39.9 Å². The Morgan fingerprint density at radius 3 is 2.72 bits per heavy atom. The van der Waals surface area contributed by atoms with Crippen LogP contribution in [0.5, 0.6) is 0 Å². The monoisotopic (exact) mass is 342 g/mol.